The predicted octanol–water partition coefficient (Wildman–Crippen LogP) is 2.99. The number of methoxy groups -OCH3 is 1. The number of carbonyl (C=O) groups excluding carboxylic acids is 2. The normalized spacial score (nSPS) is 11.7. The SMILES string of the molecule is CC[C@@H](C(=O)Nc1nc(CC(=O)OC)cs1)c1ccccc1. The van der Waals surface area contributed by atoms with Crippen molar-refractivity contribution >= 4 is 28.3 Å². The minimum absolute atomic E-state index is 0.0901. The molecule has 0 aliphatic heterocycles. The molecule has 0 radical (unpaired) electrons. The van der Waals surface area contributed by atoms with E-state index in [0.29, 0.717) is 17.2 Å². The molecule has 0 unspecified atom stereocenters. The second-order valence-corrected chi connectivity index (χ2v) is 5.62. The summed E-state index contributed by atoms with van der Waals surface area (Å²) in [6.07, 6.45) is 0.814. The fourth-order valence-electron chi connectivity index (χ4n) is 2.12. The molecule has 0 bridgehead atoms. The van der Waals surface area contributed by atoms with E-state index in [1.54, 1.807) is 5.38 Å². The second kappa shape index (κ2) is 7.70. The molecular weight excluding hydrogens is 300 g/mol. The summed E-state index contributed by atoms with van der Waals surface area (Å²) in [7, 11) is 1.34. The van der Waals surface area contributed by atoms with Gasteiger partial charge in [0.05, 0.1) is 25.1 Å². The van der Waals surface area contributed by atoms with E-state index in [9.17, 15) is 9.59 Å². The summed E-state index contributed by atoms with van der Waals surface area (Å²) in [6, 6.07) is 9.65. The molecule has 2 aromatic rings. The lowest BCUT2D eigenvalue weighted by molar-refractivity contribution is -0.139. The van der Waals surface area contributed by atoms with Gasteiger partial charge in [-0.05, 0) is 12.0 Å². The van der Waals surface area contributed by atoms with Crippen LogP contribution < -0.4 is 5.32 Å². The molecule has 5 nitrogen and oxygen atoms in total. The molecule has 0 fully saturated rings. The van der Waals surface area contributed by atoms with Gasteiger partial charge in [-0.3, -0.25) is 9.59 Å². The highest BCUT2D eigenvalue weighted by atomic mass is 32.1. The number of esters is 1. The zero-order valence-corrected chi connectivity index (χ0v) is 13.4. The van der Waals surface area contributed by atoms with Crippen molar-refractivity contribution in [2.24, 2.45) is 0 Å². The third-order valence-electron chi connectivity index (χ3n) is 3.26. The molecule has 1 amide bonds. The van der Waals surface area contributed by atoms with E-state index in [1.807, 2.05) is 37.3 Å². The van der Waals surface area contributed by atoms with Gasteiger partial charge >= 0.3 is 5.97 Å². The number of rotatable bonds is 6. The van der Waals surface area contributed by atoms with Crippen LogP contribution in [0.1, 0.15) is 30.5 Å². The summed E-state index contributed by atoms with van der Waals surface area (Å²) in [5, 5.41) is 5.06. The van der Waals surface area contributed by atoms with Gasteiger partial charge in [0.1, 0.15) is 0 Å². The number of amides is 1. The Bertz CT molecular complexity index is 640. The minimum Gasteiger partial charge on any atom is -0.469 e. The summed E-state index contributed by atoms with van der Waals surface area (Å²) in [6.45, 7) is 1.97. The lowest BCUT2D eigenvalue weighted by Crippen LogP contribution is -2.20. The van der Waals surface area contributed by atoms with Gasteiger partial charge in [-0.1, -0.05) is 37.3 Å². The van der Waals surface area contributed by atoms with Gasteiger partial charge in [0.15, 0.2) is 5.13 Å². The summed E-state index contributed by atoms with van der Waals surface area (Å²) >= 11 is 1.30. The monoisotopic (exact) mass is 318 g/mol. The first-order chi connectivity index (χ1) is 10.6. The van der Waals surface area contributed by atoms with Gasteiger partial charge in [0.25, 0.3) is 0 Å². The maximum absolute atomic E-state index is 12.4. The number of hydrogen-bond donors (Lipinski definition) is 1. The molecule has 22 heavy (non-hydrogen) atoms. The summed E-state index contributed by atoms with van der Waals surface area (Å²) in [4.78, 5) is 27.8. The van der Waals surface area contributed by atoms with Gasteiger partial charge < -0.3 is 10.1 Å². The Morgan fingerprint density at radius 2 is 2.05 bits per heavy atom. The van der Waals surface area contributed by atoms with Crippen LogP contribution in [0.15, 0.2) is 35.7 Å². The van der Waals surface area contributed by atoms with Gasteiger partial charge in [-0.25, -0.2) is 4.98 Å². The second-order valence-electron chi connectivity index (χ2n) is 4.76. The molecule has 0 aliphatic rings. The van der Waals surface area contributed by atoms with E-state index in [1.165, 1.54) is 18.4 Å². The van der Waals surface area contributed by atoms with Gasteiger partial charge in [-0.15, -0.1) is 11.3 Å². The highest BCUT2D eigenvalue weighted by Gasteiger charge is 2.19. The molecule has 1 atom stereocenters. The van der Waals surface area contributed by atoms with E-state index >= 15 is 0 Å². The van der Waals surface area contributed by atoms with Crippen molar-refractivity contribution in [3.8, 4) is 0 Å². The molecule has 6 heteroatoms. The molecule has 1 aromatic carbocycles. The first-order valence-electron chi connectivity index (χ1n) is 7.01. The van der Waals surface area contributed by atoms with Crippen LogP contribution in [-0.2, 0) is 20.7 Å². The molecule has 1 heterocycles. The van der Waals surface area contributed by atoms with Crippen molar-refractivity contribution in [2.75, 3.05) is 12.4 Å². The van der Waals surface area contributed by atoms with E-state index in [4.69, 9.17) is 0 Å². The van der Waals surface area contributed by atoms with E-state index in [0.717, 1.165) is 5.56 Å². The Kier molecular flexibility index (Phi) is 5.66. The zero-order chi connectivity index (χ0) is 15.9. The van der Waals surface area contributed by atoms with E-state index in [2.05, 4.69) is 15.0 Å². The van der Waals surface area contributed by atoms with Crippen molar-refractivity contribution in [1.82, 2.24) is 4.98 Å². The van der Waals surface area contributed by atoms with Crippen LogP contribution in [0.2, 0.25) is 0 Å². The molecular formula is C16H18N2O3S. The van der Waals surface area contributed by atoms with Crippen LogP contribution in [-0.4, -0.2) is 24.0 Å². The Morgan fingerprint density at radius 3 is 2.68 bits per heavy atom. The van der Waals surface area contributed by atoms with Crippen molar-refractivity contribution in [1.29, 1.82) is 0 Å². The Morgan fingerprint density at radius 1 is 1.32 bits per heavy atom. The summed E-state index contributed by atoms with van der Waals surface area (Å²) in [5.41, 5.74) is 1.58. The van der Waals surface area contributed by atoms with Crippen molar-refractivity contribution in [2.45, 2.75) is 25.7 Å². The maximum atomic E-state index is 12.4. The summed E-state index contributed by atoms with van der Waals surface area (Å²) < 4.78 is 4.60. The predicted molar refractivity (Wildman–Crippen MR) is 85.9 cm³/mol. The smallest absolute Gasteiger partial charge is 0.311 e. The quantitative estimate of drug-likeness (QED) is 0.831. The number of nitrogens with zero attached hydrogens (tertiary/aromatic N) is 1. The number of carbonyl (C=O) groups is 2. The fraction of sp³-hybridized carbons (Fsp3) is 0.312. The Hall–Kier alpha value is -2.21. The van der Waals surface area contributed by atoms with E-state index in [-0.39, 0.29) is 24.2 Å². The van der Waals surface area contributed by atoms with Gasteiger partial charge in [0.2, 0.25) is 5.91 Å². The molecule has 1 N–H and O–H groups in total. The van der Waals surface area contributed by atoms with Crippen LogP contribution in [0.5, 0.6) is 0 Å². The molecule has 116 valence electrons. The van der Waals surface area contributed by atoms with Crippen LogP contribution >= 0.6 is 11.3 Å². The summed E-state index contributed by atoms with van der Waals surface area (Å²) in [5.74, 6) is -0.652. The molecule has 0 aliphatic carbocycles. The van der Waals surface area contributed by atoms with Crippen molar-refractivity contribution in [3.63, 3.8) is 0 Å². The third-order valence-corrected chi connectivity index (χ3v) is 4.07. The zero-order valence-electron chi connectivity index (χ0n) is 12.5. The minimum atomic E-state index is -0.348. The van der Waals surface area contributed by atoms with Gasteiger partial charge in [0, 0.05) is 5.38 Å². The van der Waals surface area contributed by atoms with Crippen LogP contribution in [0.4, 0.5) is 5.13 Å². The molecule has 0 saturated heterocycles. The molecule has 2 rings (SSSR count). The third kappa shape index (κ3) is 4.14. The largest absolute Gasteiger partial charge is 0.469 e. The van der Waals surface area contributed by atoms with Crippen LogP contribution in [0, 0.1) is 0 Å². The Balaban J connectivity index is 2.03. The number of aromatic nitrogens is 1. The highest BCUT2D eigenvalue weighted by molar-refractivity contribution is 7.13. The molecule has 1 aromatic heterocycles. The average molecular weight is 318 g/mol. The van der Waals surface area contributed by atoms with Crippen LogP contribution in [0.3, 0.4) is 0 Å². The lowest BCUT2D eigenvalue weighted by atomic mass is 9.96. The first kappa shape index (κ1) is 16.2. The number of hydrogen-bond acceptors (Lipinski definition) is 5. The fourth-order valence-corrected chi connectivity index (χ4v) is 2.83. The van der Waals surface area contributed by atoms with Crippen molar-refractivity contribution < 1.29 is 14.3 Å². The number of thiazole rings is 1. The molecule has 0 spiro atoms. The average Bonchev–Trinajstić information content (AvgIpc) is 2.96. The van der Waals surface area contributed by atoms with Crippen LogP contribution in [0.25, 0.3) is 0 Å². The first-order valence-corrected chi connectivity index (χ1v) is 7.89. The number of anilines is 1. The van der Waals surface area contributed by atoms with Gasteiger partial charge in [-0.2, -0.15) is 0 Å². The number of nitrogens with one attached hydrogen (secondary N) is 1. The van der Waals surface area contributed by atoms with E-state index < -0.39 is 0 Å². The number of ether oxygens (including phenoxy) is 1. The topological polar surface area (TPSA) is 68.3 Å². The lowest BCUT2D eigenvalue weighted by Gasteiger charge is -2.14. The maximum Gasteiger partial charge on any atom is 0.311 e. The number of benzene rings is 1. The van der Waals surface area contributed by atoms with Crippen molar-refractivity contribution in [3.05, 3.63) is 47.0 Å². The Labute approximate surface area is 133 Å². The standard InChI is InChI=1S/C16H18N2O3S/c1-3-13(11-7-5-4-6-8-11)15(20)18-16-17-12(10-22-16)9-14(19)21-2/h4-8,10,13H,3,9H2,1-2H3,(H,17,18,20)/t13-/m1/s1. The highest BCUT2D eigenvalue weighted by Crippen LogP contribution is 2.23. The molecule has 0 saturated carbocycles.